The van der Waals surface area contributed by atoms with Crippen molar-refractivity contribution in [2.24, 2.45) is 0 Å². The molecule has 6 nitrogen and oxygen atoms in total. The van der Waals surface area contributed by atoms with E-state index in [0.29, 0.717) is 6.04 Å². The number of nitrogens with zero attached hydrogens (tertiary/aromatic N) is 6. The van der Waals surface area contributed by atoms with Crippen molar-refractivity contribution in [2.75, 3.05) is 6.54 Å². The Kier molecular flexibility index (Phi) is 3.16. The zero-order chi connectivity index (χ0) is 14.1. The van der Waals surface area contributed by atoms with Crippen LogP contribution >= 0.6 is 0 Å². The second-order valence-electron chi connectivity index (χ2n) is 5.58. The molecule has 108 valence electrons. The molecule has 1 aliphatic rings. The van der Waals surface area contributed by atoms with E-state index in [-0.39, 0.29) is 0 Å². The summed E-state index contributed by atoms with van der Waals surface area (Å²) in [6, 6.07) is 6.62. The summed E-state index contributed by atoms with van der Waals surface area (Å²) in [5, 5.41) is 4.22. The number of aromatic nitrogens is 5. The lowest BCUT2D eigenvalue weighted by molar-refractivity contribution is 0.217. The van der Waals surface area contributed by atoms with E-state index in [0.717, 1.165) is 31.0 Å². The van der Waals surface area contributed by atoms with Crippen LogP contribution in [0.2, 0.25) is 0 Å². The van der Waals surface area contributed by atoms with Crippen LogP contribution in [0.5, 0.6) is 0 Å². The number of hydrogen-bond donors (Lipinski definition) is 0. The number of fused-ring (bicyclic) bond motifs is 1. The van der Waals surface area contributed by atoms with E-state index >= 15 is 0 Å². The summed E-state index contributed by atoms with van der Waals surface area (Å²) in [7, 11) is 0. The normalized spacial score (nSPS) is 19.5. The molecule has 0 N–H and O–H groups in total. The molecular weight excluding hydrogens is 264 g/mol. The molecule has 1 atom stereocenters. The summed E-state index contributed by atoms with van der Waals surface area (Å²) in [6.45, 7) is 2.95. The van der Waals surface area contributed by atoms with Gasteiger partial charge in [-0.05, 0) is 31.5 Å². The fraction of sp³-hybridized carbons (Fsp3) is 0.400. The van der Waals surface area contributed by atoms with Crippen LogP contribution in [0, 0.1) is 0 Å². The van der Waals surface area contributed by atoms with Gasteiger partial charge in [0.1, 0.15) is 18.3 Å². The van der Waals surface area contributed by atoms with Crippen molar-refractivity contribution in [2.45, 2.75) is 32.0 Å². The van der Waals surface area contributed by atoms with Crippen LogP contribution in [0.25, 0.3) is 5.65 Å². The van der Waals surface area contributed by atoms with Gasteiger partial charge in [0.05, 0.1) is 12.2 Å². The molecule has 0 unspecified atom stereocenters. The number of likely N-dealkylation sites (tertiary alicyclic amines) is 1. The highest BCUT2D eigenvalue weighted by Gasteiger charge is 2.25. The van der Waals surface area contributed by atoms with E-state index in [4.69, 9.17) is 4.98 Å². The Bertz CT molecular complexity index is 684. The smallest absolute Gasteiger partial charge is 0.137 e. The van der Waals surface area contributed by atoms with Gasteiger partial charge in [-0.2, -0.15) is 5.10 Å². The van der Waals surface area contributed by atoms with Crippen LogP contribution in [-0.2, 0) is 13.1 Å². The van der Waals surface area contributed by atoms with E-state index in [1.165, 1.54) is 12.8 Å². The molecule has 1 aliphatic heterocycles. The number of imidazole rings is 1. The summed E-state index contributed by atoms with van der Waals surface area (Å²) < 4.78 is 4.00. The van der Waals surface area contributed by atoms with Crippen molar-refractivity contribution in [3.05, 3.63) is 48.9 Å². The molecule has 4 heterocycles. The molecule has 0 aromatic carbocycles. The van der Waals surface area contributed by atoms with Gasteiger partial charge in [0.25, 0.3) is 0 Å². The quantitative estimate of drug-likeness (QED) is 0.729. The molecule has 0 aliphatic carbocycles. The van der Waals surface area contributed by atoms with E-state index in [9.17, 15) is 0 Å². The summed E-state index contributed by atoms with van der Waals surface area (Å²) in [6.07, 6.45) is 10.0. The van der Waals surface area contributed by atoms with E-state index < -0.39 is 0 Å². The fourth-order valence-electron chi connectivity index (χ4n) is 3.12. The average molecular weight is 282 g/mol. The second-order valence-corrected chi connectivity index (χ2v) is 5.58. The Labute approximate surface area is 123 Å². The van der Waals surface area contributed by atoms with Crippen LogP contribution in [0.3, 0.4) is 0 Å². The highest BCUT2D eigenvalue weighted by molar-refractivity contribution is 5.39. The number of rotatable bonds is 4. The lowest BCUT2D eigenvalue weighted by atomic mass is 10.2. The first-order chi connectivity index (χ1) is 10.4. The van der Waals surface area contributed by atoms with Crippen LogP contribution < -0.4 is 0 Å². The SMILES string of the molecule is c1ccn2cc(CN3CCC[C@@H]3Cn3cncn3)nc2c1. The minimum atomic E-state index is 0.525. The molecular formula is C15H18N6. The molecule has 21 heavy (non-hydrogen) atoms. The Morgan fingerprint density at radius 2 is 2.29 bits per heavy atom. The molecule has 6 heteroatoms. The van der Waals surface area contributed by atoms with Crippen LogP contribution in [0.15, 0.2) is 43.2 Å². The molecule has 0 amide bonds. The van der Waals surface area contributed by atoms with E-state index in [2.05, 4.69) is 25.6 Å². The van der Waals surface area contributed by atoms with Gasteiger partial charge in [-0.25, -0.2) is 9.97 Å². The van der Waals surface area contributed by atoms with Crippen molar-refractivity contribution >= 4 is 5.65 Å². The van der Waals surface area contributed by atoms with Crippen LogP contribution in [-0.4, -0.2) is 41.6 Å². The van der Waals surface area contributed by atoms with Gasteiger partial charge < -0.3 is 4.40 Å². The van der Waals surface area contributed by atoms with Crippen molar-refractivity contribution < 1.29 is 0 Å². The first-order valence-corrected chi connectivity index (χ1v) is 7.37. The molecule has 0 bridgehead atoms. The topological polar surface area (TPSA) is 51.2 Å². The van der Waals surface area contributed by atoms with Gasteiger partial charge in [0.2, 0.25) is 0 Å². The van der Waals surface area contributed by atoms with Gasteiger partial charge in [-0.15, -0.1) is 0 Å². The molecule has 3 aromatic heterocycles. The van der Waals surface area contributed by atoms with Crippen molar-refractivity contribution in [1.82, 2.24) is 29.0 Å². The predicted molar refractivity (Wildman–Crippen MR) is 78.6 cm³/mol. The Balaban J connectivity index is 1.49. The standard InChI is InChI=1S/C15H18N6/c1-2-6-20-9-13(18-15(20)5-1)8-19-7-3-4-14(19)10-21-12-16-11-17-21/h1-2,5-6,9,11-12,14H,3-4,7-8,10H2/t14-/m1/s1. The predicted octanol–water partition coefficient (Wildman–Crippen LogP) is 1.59. The lowest BCUT2D eigenvalue weighted by Crippen LogP contribution is -2.32. The summed E-state index contributed by atoms with van der Waals surface area (Å²) in [5.41, 5.74) is 2.14. The highest BCUT2D eigenvalue weighted by Crippen LogP contribution is 2.21. The minimum absolute atomic E-state index is 0.525. The van der Waals surface area contributed by atoms with Crippen LogP contribution in [0.1, 0.15) is 18.5 Å². The molecule has 1 saturated heterocycles. The zero-order valence-electron chi connectivity index (χ0n) is 11.8. The van der Waals surface area contributed by atoms with Crippen LogP contribution in [0.4, 0.5) is 0 Å². The molecule has 0 spiro atoms. The third kappa shape index (κ3) is 2.54. The summed E-state index contributed by atoms with van der Waals surface area (Å²) in [5.74, 6) is 0. The summed E-state index contributed by atoms with van der Waals surface area (Å²) >= 11 is 0. The third-order valence-electron chi connectivity index (χ3n) is 4.14. The first-order valence-electron chi connectivity index (χ1n) is 7.37. The lowest BCUT2D eigenvalue weighted by Gasteiger charge is -2.23. The summed E-state index contributed by atoms with van der Waals surface area (Å²) in [4.78, 5) is 11.2. The van der Waals surface area contributed by atoms with Crippen molar-refractivity contribution in [3.8, 4) is 0 Å². The second kappa shape index (κ2) is 5.29. The zero-order valence-corrected chi connectivity index (χ0v) is 11.8. The molecule has 0 saturated carbocycles. The molecule has 0 radical (unpaired) electrons. The van der Waals surface area contributed by atoms with Gasteiger partial charge in [0, 0.05) is 25.0 Å². The average Bonchev–Trinajstić information content (AvgIpc) is 3.21. The van der Waals surface area contributed by atoms with Gasteiger partial charge >= 0.3 is 0 Å². The third-order valence-corrected chi connectivity index (χ3v) is 4.14. The van der Waals surface area contributed by atoms with Crippen molar-refractivity contribution in [3.63, 3.8) is 0 Å². The molecule has 3 aromatic rings. The Hall–Kier alpha value is -2.21. The maximum absolute atomic E-state index is 4.69. The monoisotopic (exact) mass is 282 g/mol. The van der Waals surface area contributed by atoms with Gasteiger partial charge in [-0.3, -0.25) is 9.58 Å². The van der Waals surface area contributed by atoms with Crippen molar-refractivity contribution in [1.29, 1.82) is 0 Å². The molecule has 1 fully saturated rings. The first kappa shape index (κ1) is 12.5. The van der Waals surface area contributed by atoms with Gasteiger partial charge in [-0.1, -0.05) is 6.07 Å². The highest BCUT2D eigenvalue weighted by atomic mass is 15.3. The number of hydrogen-bond acceptors (Lipinski definition) is 4. The Morgan fingerprint density at radius 1 is 1.29 bits per heavy atom. The molecule has 4 rings (SSSR count). The van der Waals surface area contributed by atoms with E-state index in [1.54, 1.807) is 12.7 Å². The largest absolute Gasteiger partial charge is 0.307 e. The fourth-order valence-corrected chi connectivity index (χ4v) is 3.12. The van der Waals surface area contributed by atoms with E-state index in [1.807, 2.05) is 29.1 Å². The Morgan fingerprint density at radius 3 is 3.14 bits per heavy atom. The minimum Gasteiger partial charge on any atom is -0.307 e. The maximum Gasteiger partial charge on any atom is 0.137 e. The number of pyridine rings is 1. The van der Waals surface area contributed by atoms with Gasteiger partial charge in [0.15, 0.2) is 0 Å². The maximum atomic E-state index is 4.69.